The van der Waals surface area contributed by atoms with Gasteiger partial charge >= 0.3 is 0 Å². The van der Waals surface area contributed by atoms with Crippen LogP contribution in [0.5, 0.6) is 0 Å². The predicted octanol–water partition coefficient (Wildman–Crippen LogP) is 4.99. The number of amides is 1. The molecule has 4 atom stereocenters. The molecule has 0 aromatic rings. The SMILES string of the molecule is C=C(/C=C\C=C/C)[C@]12CC3CC(C(=O)N[C@H]4CC[C@@H](N)CC4)(C[C@](CF)(C3)C1)C2. The van der Waals surface area contributed by atoms with E-state index < -0.39 is 5.41 Å². The summed E-state index contributed by atoms with van der Waals surface area (Å²) in [6.45, 7) is 6.09. The minimum absolute atomic E-state index is 0.129. The molecule has 5 fully saturated rings. The van der Waals surface area contributed by atoms with Crippen LogP contribution in [0.25, 0.3) is 0 Å². The van der Waals surface area contributed by atoms with E-state index in [2.05, 4.69) is 18.0 Å². The van der Waals surface area contributed by atoms with Crippen molar-refractivity contribution in [3.63, 3.8) is 0 Å². The summed E-state index contributed by atoms with van der Waals surface area (Å²) < 4.78 is 14.4. The smallest absolute Gasteiger partial charge is 0.226 e. The van der Waals surface area contributed by atoms with Crippen molar-refractivity contribution in [1.29, 1.82) is 0 Å². The van der Waals surface area contributed by atoms with E-state index in [0.29, 0.717) is 12.3 Å². The minimum atomic E-state index is -0.428. The van der Waals surface area contributed by atoms with E-state index in [1.807, 2.05) is 25.2 Å². The fraction of sp³-hybridized carbons (Fsp3) is 0.720. The lowest BCUT2D eigenvalue weighted by Gasteiger charge is -2.66. The fourth-order valence-electron chi connectivity index (χ4n) is 7.46. The van der Waals surface area contributed by atoms with Crippen LogP contribution in [-0.2, 0) is 4.79 Å². The molecule has 5 aliphatic rings. The largest absolute Gasteiger partial charge is 0.353 e. The van der Waals surface area contributed by atoms with Crippen LogP contribution in [0.4, 0.5) is 4.39 Å². The number of alkyl halides is 1. The van der Waals surface area contributed by atoms with E-state index in [-0.39, 0.29) is 35.5 Å². The monoisotopic (exact) mass is 400 g/mol. The highest BCUT2D eigenvalue weighted by Gasteiger charge is 2.66. The molecule has 5 aliphatic carbocycles. The van der Waals surface area contributed by atoms with Crippen molar-refractivity contribution in [3.8, 4) is 0 Å². The molecule has 0 aromatic heterocycles. The van der Waals surface area contributed by atoms with E-state index >= 15 is 0 Å². The first kappa shape index (κ1) is 20.8. The third-order valence-electron chi connectivity index (χ3n) is 8.34. The lowest BCUT2D eigenvalue weighted by atomic mass is 9.38. The molecule has 5 saturated carbocycles. The summed E-state index contributed by atoms with van der Waals surface area (Å²) in [5.41, 5.74) is 6.22. The van der Waals surface area contributed by atoms with E-state index in [9.17, 15) is 9.18 Å². The molecule has 0 spiro atoms. The van der Waals surface area contributed by atoms with E-state index in [4.69, 9.17) is 5.73 Å². The average Bonchev–Trinajstić information content (AvgIpc) is 2.69. The van der Waals surface area contributed by atoms with Crippen molar-refractivity contribution in [2.75, 3.05) is 6.67 Å². The Balaban J connectivity index is 1.58. The Morgan fingerprint density at radius 3 is 2.48 bits per heavy atom. The molecule has 3 nitrogen and oxygen atoms in total. The molecule has 4 heteroatoms. The zero-order chi connectivity index (χ0) is 20.7. The standard InChI is InChI=1S/C25H37FN2O/c1-3-4-5-6-18(2)24-12-19-11-23(14-24,17-26)15-25(13-19,16-24)22(29)28-21-9-7-20(27)8-10-21/h3-6,19-21H,2,7-17,27H2,1H3,(H,28,29)/b4-3-,6-5-/t19?,20-,21+,23-,24+,25?/m0/s1. The lowest BCUT2D eigenvalue weighted by molar-refractivity contribution is -0.172. The van der Waals surface area contributed by atoms with Crippen LogP contribution in [0.15, 0.2) is 36.5 Å². The number of rotatable bonds is 6. The second-order valence-corrected chi connectivity index (χ2v) is 10.7. The zero-order valence-corrected chi connectivity index (χ0v) is 17.9. The van der Waals surface area contributed by atoms with Gasteiger partial charge in [0.25, 0.3) is 0 Å². The first-order valence-electron chi connectivity index (χ1n) is 11.5. The second-order valence-electron chi connectivity index (χ2n) is 10.7. The second kappa shape index (κ2) is 7.68. The summed E-state index contributed by atoms with van der Waals surface area (Å²) in [6.07, 6.45) is 17.3. The first-order chi connectivity index (χ1) is 13.8. The minimum Gasteiger partial charge on any atom is -0.353 e. The van der Waals surface area contributed by atoms with Crippen LogP contribution in [0, 0.1) is 22.2 Å². The number of carbonyl (C=O) groups excluding carboxylic acids is 1. The Hall–Kier alpha value is -1.42. The molecule has 1 amide bonds. The van der Waals surface area contributed by atoms with Crippen molar-refractivity contribution >= 4 is 5.91 Å². The first-order valence-corrected chi connectivity index (χ1v) is 11.5. The van der Waals surface area contributed by atoms with Gasteiger partial charge in [0.05, 0.1) is 12.1 Å². The molecule has 0 saturated heterocycles. The van der Waals surface area contributed by atoms with Gasteiger partial charge < -0.3 is 11.1 Å². The van der Waals surface area contributed by atoms with Gasteiger partial charge in [0.15, 0.2) is 0 Å². The van der Waals surface area contributed by atoms with E-state index in [1.165, 1.54) is 0 Å². The quantitative estimate of drug-likeness (QED) is 0.617. The van der Waals surface area contributed by atoms with Gasteiger partial charge in [0.1, 0.15) is 0 Å². The topological polar surface area (TPSA) is 55.1 Å². The molecule has 5 rings (SSSR count). The molecule has 29 heavy (non-hydrogen) atoms. The number of carbonyl (C=O) groups is 1. The summed E-state index contributed by atoms with van der Waals surface area (Å²) in [4.78, 5) is 13.6. The number of halogens is 1. The van der Waals surface area contributed by atoms with Crippen LogP contribution in [0.3, 0.4) is 0 Å². The van der Waals surface area contributed by atoms with Crippen LogP contribution >= 0.6 is 0 Å². The Morgan fingerprint density at radius 2 is 1.79 bits per heavy atom. The normalized spacial score (nSPS) is 43.9. The molecular formula is C25H37FN2O. The fourth-order valence-corrected chi connectivity index (χ4v) is 7.46. The highest BCUT2D eigenvalue weighted by Crippen LogP contribution is 2.71. The highest BCUT2D eigenvalue weighted by atomic mass is 19.1. The Morgan fingerprint density at radius 1 is 1.10 bits per heavy atom. The molecule has 3 N–H and O–H groups in total. The summed E-state index contributed by atoms with van der Waals surface area (Å²) in [5, 5.41) is 3.37. The molecule has 160 valence electrons. The molecule has 0 aliphatic heterocycles. The Bertz CT molecular complexity index is 722. The third-order valence-corrected chi connectivity index (χ3v) is 8.34. The number of nitrogens with one attached hydrogen (secondary N) is 1. The molecule has 2 unspecified atom stereocenters. The van der Waals surface area contributed by atoms with Gasteiger partial charge in [-0.3, -0.25) is 9.18 Å². The molecule has 0 radical (unpaired) electrons. The Kier molecular flexibility index (Phi) is 5.52. The third kappa shape index (κ3) is 3.73. The summed E-state index contributed by atoms with van der Waals surface area (Å²) in [7, 11) is 0. The van der Waals surface area contributed by atoms with E-state index in [0.717, 1.165) is 63.4 Å². The van der Waals surface area contributed by atoms with Gasteiger partial charge in [-0.15, -0.1) is 0 Å². The maximum atomic E-state index is 14.4. The van der Waals surface area contributed by atoms with Gasteiger partial charge in [-0.1, -0.05) is 30.9 Å². The number of nitrogens with two attached hydrogens (primary N) is 1. The molecule has 0 heterocycles. The summed E-state index contributed by atoms with van der Waals surface area (Å²) in [6, 6.07) is 0.499. The van der Waals surface area contributed by atoms with Crippen molar-refractivity contribution in [1.82, 2.24) is 5.32 Å². The zero-order valence-electron chi connectivity index (χ0n) is 17.9. The van der Waals surface area contributed by atoms with Crippen LogP contribution in [0.2, 0.25) is 0 Å². The molecule has 0 aromatic carbocycles. The maximum absolute atomic E-state index is 14.4. The average molecular weight is 401 g/mol. The number of hydrogen-bond acceptors (Lipinski definition) is 2. The number of hydrogen-bond donors (Lipinski definition) is 2. The molecular weight excluding hydrogens is 363 g/mol. The van der Waals surface area contributed by atoms with Gasteiger partial charge in [-0.25, -0.2) is 0 Å². The van der Waals surface area contributed by atoms with E-state index in [1.54, 1.807) is 0 Å². The van der Waals surface area contributed by atoms with Crippen molar-refractivity contribution < 1.29 is 9.18 Å². The van der Waals surface area contributed by atoms with Gasteiger partial charge in [-0.05, 0) is 88.0 Å². The summed E-state index contributed by atoms with van der Waals surface area (Å²) >= 11 is 0. The van der Waals surface area contributed by atoms with Crippen LogP contribution < -0.4 is 11.1 Å². The van der Waals surface area contributed by atoms with Gasteiger partial charge in [-0.2, -0.15) is 0 Å². The van der Waals surface area contributed by atoms with Crippen molar-refractivity contribution in [2.45, 2.75) is 83.2 Å². The van der Waals surface area contributed by atoms with Crippen molar-refractivity contribution in [3.05, 3.63) is 36.5 Å². The highest BCUT2D eigenvalue weighted by molar-refractivity contribution is 5.84. The summed E-state index contributed by atoms with van der Waals surface area (Å²) in [5.74, 6) is 0.605. The van der Waals surface area contributed by atoms with Crippen molar-refractivity contribution in [2.24, 2.45) is 27.9 Å². The maximum Gasteiger partial charge on any atom is 0.226 e. The number of allylic oxidation sites excluding steroid dienone is 5. The van der Waals surface area contributed by atoms with Gasteiger partial charge in [0, 0.05) is 17.5 Å². The Labute approximate surface area is 175 Å². The van der Waals surface area contributed by atoms with Crippen LogP contribution in [-0.4, -0.2) is 24.7 Å². The predicted molar refractivity (Wildman–Crippen MR) is 116 cm³/mol. The molecule has 4 bridgehead atoms. The van der Waals surface area contributed by atoms with Gasteiger partial charge in [0.2, 0.25) is 5.91 Å². The lowest BCUT2D eigenvalue weighted by Crippen LogP contribution is -2.63. The van der Waals surface area contributed by atoms with Crippen LogP contribution in [0.1, 0.15) is 71.1 Å².